The predicted molar refractivity (Wildman–Crippen MR) is 104 cm³/mol. The molecule has 0 aliphatic carbocycles. The van der Waals surface area contributed by atoms with Gasteiger partial charge in [0.15, 0.2) is 0 Å². The van der Waals surface area contributed by atoms with Crippen molar-refractivity contribution in [2.45, 2.75) is 9.79 Å². The molecule has 3 rings (SSSR count). The molecule has 0 aromatic heterocycles. The Morgan fingerprint density at radius 3 is 2.20 bits per heavy atom. The molecule has 1 N–H and O–H groups in total. The number of sulfonamides is 2. The average Bonchev–Trinajstić information content (AvgIpc) is 2.73. The first-order valence-corrected chi connectivity index (χ1v) is 11.8. The smallest absolute Gasteiger partial charge is 0.256 e. The van der Waals surface area contributed by atoms with E-state index in [1.807, 2.05) is 0 Å². The summed E-state index contributed by atoms with van der Waals surface area (Å²) < 4.78 is 79.9. The normalized spacial score (nSPS) is 15.9. The van der Waals surface area contributed by atoms with E-state index in [4.69, 9.17) is 0 Å². The minimum Gasteiger partial charge on any atom is -0.336 e. The van der Waals surface area contributed by atoms with Gasteiger partial charge < -0.3 is 4.90 Å². The Morgan fingerprint density at radius 1 is 0.933 bits per heavy atom. The first-order valence-electron chi connectivity index (χ1n) is 8.84. The summed E-state index contributed by atoms with van der Waals surface area (Å²) >= 11 is 0. The van der Waals surface area contributed by atoms with Crippen LogP contribution in [0.25, 0.3) is 0 Å². The molecule has 0 bridgehead atoms. The van der Waals surface area contributed by atoms with Crippen molar-refractivity contribution in [2.75, 3.05) is 33.2 Å². The van der Waals surface area contributed by atoms with Gasteiger partial charge >= 0.3 is 0 Å². The van der Waals surface area contributed by atoms with E-state index in [0.717, 1.165) is 34.6 Å². The van der Waals surface area contributed by atoms with Crippen LogP contribution in [0, 0.1) is 11.6 Å². The number of amides is 1. The third-order valence-corrected chi connectivity index (χ3v) is 8.01. The fraction of sp³-hybridized carbons (Fsp3) is 0.278. The first-order chi connectivity index (χ1) is 14.1. The molecule has 0 atom stereocenters. The SMILES string of the molecule is CNS(=O)(=O)c1ccc(F)c(C(=O)N2CCN(S(=O)(=O)c3cccc(F)c3)CC2)c1. The highest BCUT2D eigenvalue weighted by atomic mass is 32.2. The Balaban J connectivity index is 1.77. The Bertz CT molecular complexity index is 1180. The molecule has 162 valence electrons. The second kappa shape index (κ2) is 8.38. The second-order valence-corrected chi connectivity index (χ2v) is 10.3. The summed E-state index contributed by atoms with van der Waals surface area (Å²) in [6.07, 6.45) is 0. The van der Waals surface area contributed by atoms with Crippen LogP contribution >= 0.6 is 0 Å². The topological polar surface area (TPSA) is 104 Å². The van der Waals surface area contributed by atoms with E-state index in [9.17, 15) is 30.4 Å². The van der Waals surface area contributed by atoms with E-state index in [0.29, 0.717) is 0 Å². The molecule has 1 saturated heterocycles. The van der Waals surface area contributed by atoms with E-state index in [2.05, 4.69) is 4.72 Å². The predicted octanol–water partition coefficient (Wildman–Crippen LogP) is 1.02. The lowest BCUT2D eigenvalue weighted by molar-refractivity contribution is 0.0693. The standard InChI is InChI=1S/C18H19F2N3O5S2/c1-21-29(25,26)14-5-6-17(20)16(12-14)18(24)22-7-9-23(10-8-22)30(27,28)15-4-2-3-13(19)11-15/h2-6,11-12,21H,7-10H2,1H3. The summed E-state index contributed by atoms with van der Waals surface area (Å²) in [5, 5.41) is 0. The molecule has 2 aromatic carbocycles. The fourth-order valence-electron chi connectivity index (χ4n) is 3.03. The van der Waals surface area contributed by atoms with Gasteiger partial charge in [-0.05, 0) is 43.4 Å². The number of carbonyl (C=O) groups is 1. The van der Waals surface area contributed by atoms with Crippen molar-refractivity contribution in [1.29, 1.82) is 0 Å². The molecule has 0 radical (unpaired) electrons. The molecule has 2 aromatic rings. The number of halogens is 2. The lowest BCUT2D eigenvalue weighted by Crippen LogP contribution is -2.50. The van der Waals surface area contributed by atoms with E-state index in [-0.39, 0.29) is 36.0 Å². The monoisotopic (exact) mass is 459 g/mol. The Hall–Kier alpha value is -2.41. The van der Waals surface area contributed by atoms with Crippen LogP contribution in [0.15, 0.2) is 52.3 Å². The Kier molecular flexibility index (Phi) is 6.22. The molecule has 1 fully saturated rings. The van der Waals surface area contributed by atoms with Crippen LogP contribution in [0.1, 0.15) is 10.4 Å². The summed E-state index contributed by atoms with van der Waals surface area (Å²) in [5.74, 6) is -2.31. The molecule has 1 amide bonds. The van der Waals surface area contributed by atoms with Crippen LogP contribution in [-0.4, -0.2) is 65.2 Å². The van der Waals surface area contributed by atoms with E-state index in [1.54, 1.807) is 0 Å². The number of piperazine rings is 1. The third kappa shape index (κ3) is 4.36. The first kappa shape index (κ1) is 22.3. The molecular weight excluding hydrogens is 440 g/mol. The van der Waals surface area contributed by atoms with Crippen molar-refractivity contribution in [1.82, 2.24) is 13.9 Å². The molecule has 30 heavy (non-hydrogen) atoms. The Morgan fingerprint density at radius 2 is 1.60 bits per heavy atom. The van der Waals surface area contributed by atoms with Gasteiger partial charge in [0.25, 0.3) is 5.91 Å². The highest BCUT2D eigenvalue weighted by molar-refractivity contribution is 7.89. The van der Waals surface area contributed by atoms with Gasteiger partial charge in [-0.3, -0.25) is 4.79 Å². The summed E-state index contributed by atoms with van der Waals surface area (Å²) in [4.78, 5) is 13.5. The van der Waals surface area contributed by atoms with Crippen molar-refractivity contribution in [2.24, 2.45) is 0 Å². The van der Waals surface area contributed by atoms with Crippen LogP contribution in [0.3, 0.4) is 0 Å². The maximum atomic E-state index is 14.2. The van der Waals surface area contributed by atoms with E-state index in [1.165, 1.54) is 24.1 Å². The number of nitrogens with one attached hydrogen (secondary N) is 1. The molecule has 0 saturated carbocycles. The number of hydrogen-bond acceptors (Lipinski definition) is 5. The van der Waals surface area contributed by atoms with Crippen molar-refractivity contribution >= 4 is 26.0 Å². The van der Waals surface area contributed by atoms with Crippen LogP contribution in [0.4, 0.5) is 8.78 Å². The molecular formula is C18H19F2N3O5S2. The zero-order valence-corrected chi connectivity index (χ0v) is 17.5. The summed E-state index contributed by atoms with van der Waals surface area (Å²) in [6.45, 7) is -0.201. The lowest BCUT2D eigenvalue weighted by atomic mass is 10.1. The van der Waals surface area contributed by atoms with Crippen molar-refractivity contribution in [3.63, 3.8) is 0 Å². The molecule has 0 spiro atoms. The van der Waals surface area contributed by atoms with Crippen LogP contribution < -0.4 is 4.72 Å². The van der Waals surface area contributed by atoms with Gasteiger partial charge in [0.1, 0.15) is 11.6 Å². The molecule has 8 nitrogen and oxygen atoms in total. The minimum atomic E-state index is -3.94. The highest BCUT2D eigenvalue weighted by Crippen LogP contribution is 2.21. The van der Waals surface area contributed by atoms with Gasteiger partial charge in [-0.2, -0.15) is 4.31 Å². The lowest BCUT2D eigenvalue weighted by Gasteiger charge is -2.34. The summed E-state index contributed by atoms with van der Waals surface area (Å²) in [7, 11) is -6.62. The van der Waals surface area contributed by atoms with Gasteiger partial charge in [-0.1, -0.05) is 6.07 Å². The number of hydrogen-bond donors (Lipinski definition) is 1. The maximum absolute atomic E-state index is 14.2. The van der Waals surface area contributed by atoms with Crippen molar-refractivity contribution in [3.8, 4) is 0 Å². The van der Waals surface area contributed by atoms with Crippen LogP contribution in [-0.2, 0) is 20.0 Å². The number of benzene rings is 2. The largest absolute Gasteiger partial charge is 0.336 e. The Labute approximate surface area is 173 Å². The van der Waals surface area contributed by atoms with E-state index >= 15 is 0 Å². The highest BCUT2D eigenvalue weighted by Gasteiger charge is 2.31. The zero-order chi connectivity index (χ0) is 22.1. The van der Waals surface area contributed by atoms with Gasteiger partial charge in [-0.15, -0.1) is 0 Å². The van der Waals surface area contributed by atoms with Gasteiger partial charge in [0.05, 0.1) is 15.4 Å². The summed E-state index contributed by atoms with van der Waals surface area (Å²) in [6, 6.07) is 7.49. The van der Waals surface area contributed by atoms with E-state index < -0.39 is 43.2 Å². The van der Waals surface area contributed by atoms with Gasteiger partial charge in [0.2, 0.25) is 20.0 Å². The molecule has 1 heterocycles. The van der Waals surface area contributed by atoms with Crippen LogP contribution in [0.5, 0.6) is 0 Å². The molecule has 12 heteroatoms. The third-order valence-electron chi connectivity index (χ3n) is 4.71. The van der Waals surface area contributed by atoms with Gasteiger partial charge in [-0.25, -0.2) is 30.3 Å². The zero-order valence-electron chi connectivity index (χ0n) is 15.9. The minimum absolute atomic E-state index is 0.0319. The number of rotatable bonds is 5. The molecule has 1 aliphatic heterocycles. The quantitative estimate of drug-likeness (QED) is 0.719. The molecule has 1 aliphatic rings. The molecule has 0 unspecified atom stereocenters. The van der Waals surface area contributed by atoms with Crippen molar-refractivity contribution in [3.05, 3.63) is 59.7 Å². The maximum Gasteiger partial charge on any atom is 0.256 e. The van der Waals surface area contributed by atoms with Crippen LogP contribution in [0.2, 0.25) is 0 Å². The fourth-order valence-corrected chi connectivity index (χ4v) is 5.24. The van der Waals surface area contributed by atoms with Gasteiger partial charge in [0, 0.05) is 26.2 Å². The van der Waals surface area contributed by atoms with Crippen molar-refractivity contribution < 1.29 is 30.4 Å². The number of carbonyl (C=O) groups excluding carboxylic acids is 1. The summed E-state index contributed by atoms with van der Waals surface area (Å²) in [5.41, 5.74) is -0.423. The second-order valence-electron chi connectivity index (χ2n) is 6.50. The number of nitrogens with zero attached hydrogens (tertiary/aromatic N) is 2. The average molecular weight is 459 g/mol.